The van der Waals surface area contributed by atoms with Gasteiger partial charge in [0.15, 0.2) is 0 Å². The Balaban J connectivity index is 2.39. The zero-order chi connectivity index (χ0) is 28.3. The van der Waals surface area contributed by atoms with Crippen LogP contribution in [0.1, 0.15) is 94.6 Å². The molecule has 210 valence electrons. The van der Waals surface area contributed by atoms with Crippen molar-refractivity contribution in [2.45, 2.75) is 130 Å². The van der Waals surface area contributed by atoms with Crippen LogP contribution in [0, 0.1) is 17.8 Å². The van der Waals surface area contributed by atoms with E-state index in [0.29, 0.717) is 28.8 Å². The van der Waals surface area contributed by atoms with Crippen LogP contribution in [0.5, 0.6) is 5.75 Å². The second kappa shape index (κ2) is 12.2. The number of carbonyl (C=O) groups is 1. The molecule has 0 radical (unpaired) electrons. The minimum Gasteiger partial charge on any atom is -0.546 e. The fourth-order valence-corrected chi connectivity index (χ4v) is 12.5. The van der Waals surface area contributed by atoms with Crippen molar-refractivity contribution in [1.82, 2.24) is 0 Å². The van der Waals surface area contributed by atoms with E-state index in [4.69, 9.17) is 8.85 Å². The molecule has 3 atom stereocenters. The topological polar surface area (TPSA) is 35.5 Å². The monoisotopic (exact) mass is 544 g/mol. The summed E-state index contributed by atoms with van der Waals surface area (Å²) >= 11 is 0. The first-order chi connectivity index (χ1) is 17.0. The number of carbonyl (C=O) groups excluding carboxylic acids is 1. The third-order valence-corrected chi connectivity index (χ3v) is 19.7. The van der Waals surface area contributed by atoms with Gasteiger partial charge in [-0.15, -0.1) is 0 Å². The average Bonchev–Trinajstić information content (AvgIpc) is 2.77. The van der Waals surface area contributed by atoms with Crippen molar-refractivity contribution in [2.75, 3.05) is 0 Å². The summed E-state index contributed by atoms with van der Waals surface area (Å²) in [4.78, 5) is 12.9. The lowest BCUT2D eigenvalue weighted by atomic mass is 9.74. The highest BCUT2D eigenvalue weighted by molar-refractivity contribution is 6.78. The van der Waals surface area contributed by atoms with Gasteiger partial charge in [-0.1, -0.05) is 88.3 Å². The highest BCUT2D eigenvalue weighted by Crippen LogP contribution is 2.47. The lowest BCUT2D eigenvalue weighted by molar-refractivity contribution is -0.124. The number of allylic oxidation sites excluding steroid dienone is 2. The van der Waals surface area contributed by atoms with Crippen LogP contribution in [0.4, 0.5) is 0 Å². The highest BCUT2D eigenvalue weighted by Gasteiger charge is 2.49. The maximum absolute atomic E-state index is 12.9. The Morgan fingerprint density at radius 1 is 0.946 bits per heavy atom. The second-order valence-electron chi connectivity index (χ2n) is 13.9. The van der Waals surface area contributed by atoms with E-state index in [1.165, 1.54) is 5.56 Å². The number of Topliss-reactive ketones (excluding diaryl/α,β-unsaturated/α-hetero) is 1. The van der Waals surface area contributed by atoms with Gasteiger partial charge in [0, 0.05) is 18.3 Å². The normalized spacial score (nSPS) is 21.4. The molecule has 37 heavy (non-hydrogen) atoms. The first-order valence-electron chi connectivity index (χ1n) is 14.7. The van der Waals surface area contributed by atoms with Gasteiger partial charge in [-0.2, -0.15) is 0 Å². The van der Waals surface area contributed by atoms with E-state index in [0.717, 1.165) is 24.4 Å². The van der Waals surface area contributed by atoms with Gasteiger partial charge >= 0.3 is 0 Å². The summed E-state index contributed by atoms with van der Waals surface area (Å²) in [6, 6.07) is 8.70. The summed E-state index contributed by atoms with van der Waals surface area (Å²) in [6.07, 6.45) is 4.69. The van der Waals surface area contributed by atoms with E-state index in [1.54, 1.807) is 0 Å². The van der Waals surface area contributed by atoms with Gasteiger partial charge in [0.2, 0.25) is 8.32 Å². The lowest BCUT2D eigenvalue weighted by Crippen LogP contribution is -2.48. The van der Waals surface area contributed by atoms with Crippen molar-refractivity contribution in [3.8, 4) is 5.75 Å². The van der Waals surface area contributed by atoms with Gasteiger partial charge in [-0.05, 0) is 77.3 Å². The van der Waals surface area contributed by atoms with Crippen molar-refractivity contribution in [3.63, 3.8) is 0 Å². The van der Waals surface area contributed by atoms with Crippen molar-refractivity contribution in [3.05, 3.63) is 41.7 Å². The van der Waals surface area contributed by atoms with Crippen molar-refractivity contribution >= 4 is 22.4 Å². The number of ketones is 1. The molecule has 0 fully saturated rings. The highest BCUT2D eigenvalue weighted by atomic mass is 28.4. The zero-order valence-corrected chi connectivity index (χ0v) is 28.2. The quantitative estimate of drug-likeness (QED) is 0.260. The van der Waals surface area contributed by atoms with Gasteiger partial charge < -0.3 is 8.85 Å². The summed E-state index contributed by atoms with van der Waals surface area (Å²) < 4.78 is 13.8. The Bertz CT molecular complexity index is 901. The zero-order valence-electron chi connectivity index (χ0n) is 26.2. The molecule has 0 saturated carbocycles. The Hall–Kier alpha value is -1.34. The average molecular weight is 545 g/mol. The molecule has 1 aliphatic rings. The van der Waals surface area contributed by atoms with Crippen LogP contribution >= 0.6 is 0 Å². The van der Waals surface area contributed by atoms with Gasteiger partial charge in [0.25, 0.3) is 8.32 Å². The number of hydrogen-bond donors (Lipinski definition) is 0. The Morgan fingerprint density at radius 3 is 1.89 bits per heavy atom. The molecule has 0 unspecified atom stereocenters. The molecule has 2 rings (SSSR count). The maximum atomic E-state index is 12.9. The first kappa shape index (κ1) is 31.9. The van der Waals surface area contributed by atoms with E-state index in [-0.39, 0.29) is 22.8 Å². The molecule has 0 spiro atoms. The van der Waals surface area contributed by atoms with Crippen LogP contribution in [0.2, 0.25) is 34.8 Å². The van der Waals surface area contributed by atoms with Crippen molar-refractivity contribution < 1.29 is 13.6 Å². The van der Waals surface area contributed by atoms with Gasteiger partial charge in [0.05, 0.1) is 5.76 Å². The summed E-state index contributed by atoms with van der Waals surface area (Å²) in [5.74, 6) is 3.02. The van der Waals surface area contributed by atoms with Crippen LogP contribution < -0.4 is 4.43 Å². The van der Waals surface area contributed by atoms with Crippen LogP contribution in [0.25, 0.3) is 0 Å². The van der Waals surface area contributed by atoms with Gasteiger partial charge in [0.1, 0.15) is 11.5 Å². The second-order valence-corrected chi connectivity index (χ2v) is 24.0. The molecule has 0 aliphatic heterocycles. The minimum atomic E-state index is -2.08. The standard InChI is InChI=1S/C32H56O3Si2/c1-14-30(33)29-21-27(20-26-15-17-28(18-16-26)34-36(12,13)32(9,10)11)31(19-25(29)8)35-37(22(2)3,23(4)5)24(6)7/h15-19,22-25,27,29H,14,20-21H2,1-13H3/t25-,27-,29+/m0/s1. The Labute approximate surface area is 231 Å². The van der Waals surface area contributed by atoms with Gasteiger partial charge in [-0.3, -0.25) is 4.79 Å². The van der Waals surface area contributed by atoms with E-state index in [1.807, 2.05) is 6.92 Å². The summed E-state index contributed by atoms with van der Waals surface area (Å²) in [6.45, 7) is 29.7. The molecule has 0 saturated heterocycles. The first-order valence-corrected chi connectivity index (χ1v) is 19.7. The smallest absolute Gasteiger partial charge is 0.258 e. The Kier molecular flexibility index (Phi) is 10.5. The molecule has 0 amide bonds. The van der Waals surface area contributed by atoms with Crippen LogP contribution in [0.3, 0.4) is 0 Å². The largest absolute Gasteiger partial charge is 0.546 e. The molecule has 1 aromatic rings. The molecule has 0 aromatic heterocycles. The van der Waals surface area contributed by atoms with Crippen molar-refractivity contribution in [1.29, 1.82) is 0 Å². The maximum Gasteiger partial charge on any atom is 0.258 e. The van der Waals surface area contributed by atoms with E-state index < -0.39 is 16.6 Å². The van der Waals surface area contributed by atoms with Crippen LogP contribution in [0.15, 0.2) is 36.1 Å². The predicted octanol–water partition coefficient (Wildman–Crippen LogP) is 9.94. The summed E-state index contributed by atoms with van der Waals surface area (Å²) in [5.41, 5.74) is 2.84. The third kappa shape index (κ3) is 7.20. The molecular formula is C32H56O3Si2. The SMILES string of the molecule is CCC(=O)[C@@H]1C[C@H](Cc2ccc(O[Si](C)(C)C(C)(C)C)cc2)C(O[Si](C(C)C)(C(C)C)C(C)C)=C[C@@H]1C. The number of hydrogen-bond acceptors (Lipinski definition) is 3. The predicted molar refractivity (Wildman–Crippen MR) is 164 cm³/mol. The third-order valence-electron chi connectivity index (χ3n) is 9.35. The Morgan fingerprint density at radius 2 is 1.46 bits per heavy atom. The molecule has 5 heteroatoms. The molecule has 1 aromatic carbocycles. The molecule has 0 bridgehead atoms. The number of rotatable bonds is 11. The van der Waals surface area contributed by atoms with Crippen LogP contribution in [-0.4, -0.2) is 22.4 Å². The molecule has 0 N–H and O–H groups in total. The summed E-state index contributed by atoms with van der Waals surface area (Å²) in [7, 11) is -3.95. The summed E-state index contributed by atoms with van der Waals surface area (Å²) in [5, 5.41) is 0.169. The molecule has 1 aliphatic carbocycles. The fraction of sp³-hybridized carbons (Fsp3) is 0.719. The van der Waals surface area contributed by atoms with Gasteiger partial charge in [-0.25, -0.2) is 0 Å². The van der Waals surface area contributed by atoms with Crippen molar-refractivity contribution in [2.24, 2.45) is 17.8 Å². The molecule has 0 heterocycles. The fourth-order valence-electron chi connectivity index (χ4n) is 6.12. The van der Waals surface area contributed by atoms with Crippen LogP contribution in [-0.2, 0) is 15.6 Å². The minimum absolute atomic E-state index is 0.0803. The number of benzene rings is 1. The van der Waals surface area contributed by atoms with E-state index in [9.17, 15) is 4.79 Å². The van der Waals surface area contributed by atoms with E-state index in [2.05, 4.69) is 113 Å². The molecular weight excluding hydrogens is 489 g/mol. The lowest BCUT2D eigenvalue weighted by Gasteiger charge is -2.46. The molecule has 3 nitrogen and oxygen atoms in total. The van der Waals surface area contributed by atoms with E-state index >= 15 is 0 Å².